The zero-order chi connectivity index (χ0) is 20.4. The van der Waals surface area contributed by atoms with E-state index in [9.17, 15) is 14.7 Å². The van der Waals surface area contributed by atoms with E-state index in [1.54, 1.807) is 6.08 Å². The minimum absolute atomic E-state index is 0. The molecule has 0 spiro atoms. The molecule has 7 heteroatoms. The van der Waals surface area contributed by atoms with Crippen LogP contribution in [-0.2, 0) is 9.59 Å². The molecule has 0 heterocycles. The number of carbonyl (C=O) groups excluding carboxylic acids is 2. The Bertz CT molecular complexity index is 750. The molecule has 29 heavy (non-hydrogen) atoms. The zero-order valence-electron chi connectivity index (χ0n) is 16.6. The van der Waals surface area contributed by atoms with Crippen LogP contribution in [0.25, 0.3) is 0 Å². The van der Waals surface area contributed by atoms with Gasteiger partial charge < -0.3 is 24.9 Å². The average Bonchev–Trinajstić information content (AvgIpc) is 3.01. The molecule has 0 saturated heterocycles. The molecule has 0 radical (unpaired) electrons. The second-order valence-corrected chi connectivity index (χ2v) is 6.77. The van der Waals surface area contributed by atoms with Crippen LogP contribution in [0, 0.1) is 11.8 Å². The van der Waals surface area contributed by atoms with Crippen molar-refractivity contribution >= 4 is 11.8 Å². The maximum absolute atomic E-state index is 12.1. The summed E-state index contributed by atoms with van der Waals surface area (Å²) in [6.07, 6.45) is 8.96. The van der Waals surface area contributed by atoms with Crippen LogP contribution < -0.4 is 39.4 Å². The van der Waals surface area contributed by atoms with E-state index >= 15 is 0 Å². The molecule has 1 aromatic carbocycles. The minimum atomic E-state index is -2.91. The molecule has 0 aromatic heterocycles. The average molecular weight is 408 g/mol. The van der Waals surface area contributed by atoms with Crippen LogP contribution in [0.5, 0.6) is 5.75 Å². The summed E-state index contributed by atoms with van der Waals surface area (Å²) >= 11 is 0. The Morgan fingerprint density at radius 1 is 1.28 bits per heavy atom. The Kier molecular flexibility index (Phi) is 11.2. The summed E-state index contributed by atoms with van der Waals surface area (Å²) in [5.41, 5.74) is 2.70. The molecule has 0 aliphatic heterocycles. The van der Waals surface area contributed by atoms with Gasteiger partial charge in [0.05, 0.1) is 6.61 Å². The topological polar surface area (TPSA) is 107 Å². The third-order valence-electron chi connectivity index (χ3n) is 4.66. The van der Waals surface area contributed by atoms with E-state index in [-0.39, 0.29) is 47.2 Å². The van der Waals surface area contributed by atoms with Gasteiger partial charge in [0.15, 0.2) is 0 Å². The van der Waals surface area contributed by atoms with Crippen molar-refractivity contribution in [2.24, 2.45) is 11.8 Å². The molecule has 1 aliphatic carbocycles. The first kappa shape index (κ1) is 25.4. The molecule has 2 atom stereocenters. The number of aliphatic hydroxyl groups is 2. The largest absolute Gasteiger partial charge is 1.00 e. The standard InChI is InChI=1S/C22H26O6.Na/c23-20-14-13-17(9-6-8-16-28-18-10-3-1-4-11-18)19(20)12-5-2-7-15-22(26,27)21(24)25;/h1,3-7,9-11,17,19,26-27H,8,12-16H2,(H,24,25);/q;+1/p-1/b9-6+;/t2?,17-,19+;/m0./s1. The quantitative estimate of drug-likeness (QED) is 0.161. The van der Waals surface area contributed by atoms with E-state index in [2.05, 4.69) is 11.8 Å². The predicted octanol–water partition coefficient (Wildman–Crippen LogP) is -1.47. The number of para-hydroxylation sites is 1. The Morgan fingerprint density at radius 2 is 2.00 bits per heavy atom. The Hall–Kier alpha value is -1.66. The molecule has 1 aliphatic rings. The van der Waals surface area contributed by atoms with Crippen LogP contribution in [0.15, 0.2) is 60.4 Å². The van der Waals surface area contributed by atoms with E-state index in [1.165, 1.54) is 6.08 Å². The fraction of sp³-hybridized carbons (Fsp3) is 0.409. The maximum Gasteiger partial charge on any atom is 1.00 e. The van der Waals surface area contributed by atoms with Crippen molar-refractivity contribution in [3.63, 3.8) is 0 Å². The molecule has 150 valence electrons. The van der Waals surface area contributed by atoms with Crippen molar-refractivity contribution in [2.75, 3.05) is 6.61 Å². The first-order valence-electron chi connectivity index (χ1n) is 9.33. The number of carboxylic acids is 1. The summed E-state index contributed by atoms with van der Waals surface area (Å²) in [4.78, 5) is 22.6. The predicted molar refractivity (Wildman–Crippen MR) is 101 cm³/mol. The third kappa shape index (κ3) is 8.70. The van der Waals surface area contributed by atoms with Gasteiger partial charge in [0.2, 0.25) is 5.79 Å². The summed E-state index contributed by atoms with van der Waals surface area (Å²) in [6, 6.07) is 9.57. The van der Waals surface area contributed by atoms with Gasteiger partial charge >= 0.3 is 29.6 Å². The molecule has 1 aromatic rings. The van der Waals surface area contributed by atoms with Crippen molar-refractivity contribution in [3.05, 3.63) is 60.4 Å². The number of aliphatic carboxylic acids is 1. The fourth-order valence-corrected chi connectivity index (χ4v) is 3.07. The summed E-state index contributed by atoms with van der Waals surface area (Å²) in [6.45, 7) is 0.566. The summed E-state index contributed by atoms with van der Waals surface area (Å²) < 4.78 is 5.63. The van der Waals surface area contributed by atoms with Gasteiger partial charge in [-0.1, -0.05) is 30.4 Å². The number of ketones is 1. The molecular formula is C22H25NaO6. The first-order chi connectivity index (χ1) is 13.4. The van der Waals surface area contributed by atoms with Crippen LogP contribution >= 0.6 is 0 Å². The minimum Gasteiger partial charge on any atom is -0.544 e. The van der Waals surface area contributed by atoms with Crippen molar-refractivity contribution in [1.82, 2.24) is 0 Å². The van der Waals surface area contributed by atoms with Gasteiger partial charge in [-0.05, 0) is 49.5 Å². The van der Waals surface area contributed by atoms with Gasteiger partial charge in [-0.2, -0.15) is 0 Å². The molecular weight excluding hydrogens is 383 g/mol. The Balaban J connectivity index is 0.00000420. The molecule has 0 amide bonds. The number of benzene rings is 1. The van der Waals surface area contributed by atoms with Crippen molar-refractivity contribution in [1.29, 1.82) is 0 Å². The van der Waals surface area contributed by atoms with Crippen LogP contribution in [0.4, 0.5) is 0 Å². The molecule has 2 N–H and O–H groups in total. The number of Topliss-reactive ketones (excluding diaryl/α,β-unsaturated/α-hetero) is 1. The summed E-state index contributed by atoms with van der Waals surface area (Å²) in [5, 5.41) is 28.7. The monoisotopic (exact) mass is 408 g/mol. The molecule has 1 saturated carbocycles. The molecule has 0 unspecified atom stereocenters. The van der Waals surface area contributed by atoms with Gasteiger partial charge in [0.1, 0.15) is 17.5 Å². The zero-order valence-corrected chi connectivity index (χ0v) is 18.6. The SMILES string of the molecule is O=C1CC[C@H](/C=C/CCOc2ccccc2)[C@H]1CC=C=CCC(O)(O)C(=O)[O-].[Na+]. The Morgan fingerprint density at radius 3 is 2.69 bits per heavy atom. The molecule has 2 rings (SSSR count). The van der Waals surface area contributed by atoms with E-state index in [0.717, 1.165) is 18.6 Å². The van der Waals surface area contributed by atoms with E-state index in [4.69, 9.17) is 14.9 Å². The molecule has 1 fully saturated rings. The second kappa shape index (κ2) is 12.8. The summed E-state index contributed by atoms with van der Waals surface area (Å²) in [5.74, 6) is -3.83. The van der Waals surface area contributed by atoms with Gasteiger partial charge in [-0.15, -0.1) is 5.73 Å². The van der Waals surface area contributed by atoms with Gasteiger partial charge in [0, 0.05) is 18.8 Å². The number of hydrogen-bond acceptors (Lipinski definition) is 6. The van der Waals surface area contributed by atoms with E-state index < -0.39 is 18.2 Å². The van der Waals surface area contributed by atoms with Crippen LogP contribution in [0.2, 0.25) is 0 Å². The van der Waals surface area contributed by atoms with Crippen LogP contribution in [-0.4, -0.2) is 34.4 Å². The number of rotatable bonds is 10. The smallest absolute Gasteiger partial charge is 0.544 e. The molecule has 6 nitrogen and oxygen atoms in total. The first-order valence-corrected chi connectivity index (χ1v) is 9.33. The third-order valence-corrected chi connectivity index (χ3v) is 4.66. The van der Waals surface area contributed by atoms with Crippen LogP contribution in [0.3, 0.4) is 0 Å². The van der Waals surface area contributed by atoms with Crippen molar-refractivity contribution in [2.45, 2.75) is 37.9 Å². The van der Waals surface area contributed by atoms with E-state index in [0.29, 0.717) is 19.4 Å². The fourth-order valence-electron chi connectivity index (χ4n) is 3.07. The van der Waals surface area contributed by atoms with Crippen LogP contribution in [0.1, 0.15) is 32.1 Å². The number of ether oxygens (including phenoxy) is 1. The van der Waals surface area contributed by atoms with Gasteiger partial charge in [-0.3, -0.25) is 4.79 Å². The number of carbonyl (C=O) groups is 2. The van der Waals surface area contributed by atoms with Crippen molar-refractivity contribution in [3.8, 4) is 5.75 Å². The summed E-state index contributed by atoms with van der Waals surface area (Å²) in [7, 11) is 0. The second-order valence-electron chi connectivity index (χ2n) is 6.77. The normalized spacial score (nSPS) is 18.8. The van der Waals surface area contributed by atoms with Gasteiger partial charge in [0.25, 0.3) is 0 Å². The number of hydrogen-bond donors (Lipinski definition) is 2. The number of allylic oxidation sites excluding steroid dienone is 1. The van der Waals surface area contributed by atoms with E-state index in [1.807, 2.05) is 36.4 Å². The maximum atomic E-state index is 12.1. The van der Waals surface area contributed by atoms with Gasteiger partial charge in [-0.25, -0.2) is 0 Å². The van der Waals surface area contributed by atoms with Crippen molar-refractivity contribution < 1.29 is 59.2 Å². The molecule has 0 bridgehead atoms. The Labute approximate surface area is 192 Å². The number of carboxylic acid groups (broad SMARTS) is 1.